The van der Waals surface area contributed by atoms with Crippen LogP contribution in [0.5, 0.6) is 0 Å². The maximum Gasteiger partial charge on any atom is 0.312 e. The zero-order valence-electron chi connectivity index (χ0n) is 8.22. The van der Waals surface area contributed by atoms with Gasteiger partial charge in [0, 0.05) is 12.3 Å². The summed E-state index contributed by atoms with van der Waals surface area (Å²) in [5.74, 6) is -1.24. The fourth-order valence-electron chi connectivity index (χ4n) is 2.53. The molecule has 0 aromatic carbocycles. The Morgan fingerprint density at radius 3 is 2.53 bits per heavy atom. The number of esters is 1. The van der Waals surface area contributed by atoms with Crippen LogP contribution in [0.2, 0.25) is 0 Å². The zero-order chi connectivity index (χ0) is 11.0. The Hall–Kier alpha value is -0.910. The van der Waals surface area contributed by atoms with Crippen LogP contribution in [0.3, 0.4) is 0 Å². The van der Waals surface area contributed by atoms with Crippen molar-refractivity contribution in [3.63, 3.8) is 0 Å². The maximum atomic E-state index is 11.3. The minimum Gasteiger partial charge on any atom is -0.461 e. The lowest BCUT2D eigenvalue weighted by Crippen LogP contribution is -2.23. The van der Waals surface area contributed by atoms with Gasteiger partial charge in [0.2, 0.25) is 0 Å². The van der Waals surface area contributed by atoms with Crippen molar-refractivity contribution in [3.8, 4) is 0 Å². The molecule has 0 unspecified atom stereocenters. The first kappa shape index (κ1) is 10.6. The standard InChI is InChI=1S/C10H14O5/c11-2-5-1-8-9(6(5)3-12)7(4-13)10(14)15-8/h7-9,11-13H,1-4H2/t7-,8-,9-/m0/s1. The highest BCUT2D eigenvalue weighted by Crippen LogP contribution is 2.43. The summed E-state index contributed by atoms with van der Waals surface area (Å²) in [6, 6.07) is 0. The molecule has 1 saturated heterocycles. The van der Waals surface area contributed by atoms with E-state index in [2.05, 4.69) is 0 Å². The Labute approximate surface area is 87.0 Å². The highest BCUT2D eigenvalue weighted by Gasteiger charge is 2.50. The molecule has 1 fully saturated rings. The molecule has 5 heteroatoms. The molecule has 84 valence electrons. The maximum absolute atomic E-state index is 11.3. The highest BCUT2D eigenvalue weighted by atomic mass is 16.6. The van der Waals surface area contributed by atoms with Crippen molar-refractivity contribution < 1.29 is 24.9 Å². The van der Waals surface area contributed by atoms with Crippen LogP contribution in [0.1, 0.15) is 6.42 Å². The van der Waals surface area contributed by atoms with Crippen LogP contribution in [0.25, 0.3) is 0 Å². The minimum absolute atomic E-state index is 0.126. The van der Waals surface area contributed by atoms with Crippen LogP contribution < -0.4 is 0 Å². The van der Waals surface area contributed by atoms with Crippen LogP contribution in [-0.2, 0) is 9.53 Å². The van der Waals surface area contributed by atoms with Gasteiger partial charge in [0.15, 0.2) is 0 Å². The van der Waals surface area contributed by atoms with Crippen molar-refractivity contribution in [3.05, 3.63) is 11.1 Å². The summed E-state index contributed by atoms with van der Waals surface area (Å²) in [5.41, 5.74) is 1.39. The Bertz CT molecular complexity index is 309. The fourth-order valence-corrected chi connectivity index (χ4v) is 2.53. The SMILES string of the molecule is O=C1O[C@H]2CC(CO)=C(CO)[C@H]2[C@@H]1CO. The van der Waals surface area contributed by atoms with Crippen LogP contribution in [0.15, 0.2) is 11.1 Å². The summed E-state index contributed by atoms with van der Waals surface area (Å²) in [6.07, 6.45) is 0.165. The molecule has 3 N–H and O–H groups in total. The van der Waals surface area contributed by atoms with Crippen molar-refractivity contribution in [1.82, 2.24) is 0 Å². The quantitative estimate of drug-likeness (QED) is 0.406. The summed E-state index contributed by atoms with van der Waals surface area (Å²) >= 11 is 0. The topological polar surface area (TPSA) is 87.0 Å². The van der Waals surface area contributed by atoms with E-state index in [4.69, 9.17) is 14.9 Å². The number of rotatable bonds is 3. The second-order valence-electron chi connectivity index (χ2n) is 3.94. The first-order chi connectivity index (χ1) is 7.22. The predicted octanol–water partition coefficient (Wildman–Crippen LogP) is -1.18. The molecule has 1 aliphatic heterocycles. The van der Waals surface area contributed by atoms with E-state index in [-0.39, 0.29) is 31.8 Å². The lowest BCUT2D eigenvalue weighted by Gasteiger charge is -2.14. The van der Waals surface area contributed by atoms with Gasteiger partial charge in [0.05, 0.1) is 25.7 Å². The summed E-state index contributed by atoms with van der Waals surface area (Å²) in [4.78, 5) is 11.3. The summed E-state index contributed by atoms with van der Waals surface area (Å²) in [5, 5.41) is 27.4. The lowest BCUT2D eigenvalue weighted by atomic mass is 9.88. The van der Waals surface area contributed by atoms with E-state index >= 15 is 0 Å². The Morgan fingerprint density at radius 1 is 1.27 bits per heavy atom. The number of aliphatic hydroxyl groups excluding tert-OH is 3. The highest BCUT2D eigenvalue weighted by molar-refractivity contribution is 5.77. The van der Waals surface area contributed by atoms with Gasteiger partial charge in [-0.15, -0.1) is 0 Å². The molecule has 2 aliphatic rings. The monoisotopic (exact) mass is 214 g/mol. The number of aliphatic hydroxyl groups is 3. The average molecular weight is 214 g/mol. The van der Waals surface area contributed by atoms with Crippen molar-refractivity contribution in [1.29, 1.82) is 0 Å². The number of carbonyl (C=O) groups excluding carboxylic acids is 1. The van der Waals surface area contributed by atoms with Gasteiger partial charge in [0.25, 0.3) is 0 Å². The van der Waals surface area contributed by atoms with Crippen LogP contribution >= 0.6 is 0 Å². The molecule has 0 saturated carbocycles. The number of hydrogen-bond donors (Lipinski definition) is 3. The molecule has 15 heavy (non-hydrogen) atoms. The second kappa shape index (κ2) is 3.92. The van der Waals surface area contributed by atoms with Crippen LogP contribution in [-0.4, -0.2) is 47.2 Å². The minimum atomic E-state index is -0.582. The third-order valence-electron chi connectivity index (χ3n) is 3.27. The molecule has 1 heterocycles. The number of hydrogen-bond acceptors (Lipinski definition) is 5. The van der Waals surface area contributed by atoms with E-state index in [1.807, 2.05) is 0 Å². The first-order valence-corrected chi connectivity index (χ1v) is 4.96. The van der Waals surface area contributed by atoms with E-state index in [0.29, 0.717) is 12.0 Å². The van der Waals surface area contributed by atoms with Gasteiger partial charge in [-0.25, -0.2) is 0 Å². The van der Waals surface area contributed by atoms with E-state index < -0.39 is 11.9 Å². The van der Waals surface area contributed by atoms with Crippen molar-refractivity contribution >= 4 is 5.97 Å². The molecule has 0 radical (unpaired) electrons. The number of carbonyl (C=O) groups is 1. The van der Waals surface area contributed by atoms with Gasteiger partial charge >= 0.3 is 5.97 Å². The van der Waals surface area contributed by atoms with Gasteiger partial charge in [-0.3, -0.25) is 4.79 Å². The molecule has 3 atom stereocenters. The molecular formula is C10H14O5. The van der Waals surface area contributed by atoms with Crippen LogP contribution in [0, 0.1) is 11.8 Å². The molecule has 0 aromatic heterocycles. The summed E-state index contributed by atoms with van der Waals surface area (Å²) < 4.78 is 5.09. The molecule has 0 spiro atoms. The number of fused-ring (bicyclic) bond motifs is 1. The third-order valence-corrected chi connectivity index (χ3v) is 3.27. The number of ether oxygens (including phenoxy) is 1. The van der Waals surface area contributed by atoms with Gasteiger partial charge < -0.3 is 20.1 Å². The van der Waals surface area contributed by atoms with E-state index in [0.717, 1.165) is 5.57 Å². The van der Waals surface area contributed by atoms with E-state index in [1.54, 1.807) is 0 Å². The molecule has 5 nitrogen and oxygen atoms in total. The molecule has 0 aromatic rings. The van der Waals surface area contributed by atoms with Gasteiger partial charge in [0.1, 0.15) is 6.10 Å². The lowest BCUT2D eigenvalue weighted by molar-refractivity contribution is -0.145. The smallest absolute Gasteiger partial charge is 0.312 e. The second-order valence-corrected chi connectivity index (χ2v) is 3.94. The van der Waals surface area contributed by atoms with Crippen LogP contribution in [0.4, 0.5) is 0 Å². The van der Waals surface area contributed by atoms with Gasteiger partial charge in [-0.1, -0.05) is 0 Å². The van der Waals surface area contributed by atoms with E-state index in [1.165, 1.54) is 0 Å². The summed E-state index contributed by atoms with van der Waals surface area (Å²) in [7, 11) is 0. The van der Waals surface area contributed by atoms with Crippen molar-refractivity contribution in [2.45, 2.75) is 12.5 Å². The third kappa shape index (κ3) is 1.47. The molecule has 2 rings (SSSR count). The Kier molecular flexibility index (Phi) is 2.77. The molecule has 1 aliphatic carbocycles. The van der Waals surface area contributed by atoms with Gasteiger partial charge in [-0.05, 0) is 11.1 Å². The molecule has 0 bridgehead atoms. The van der Waals surface area contributed by atoms with Gasteiger partial charge in [-0.2, -0.15) is 0 Å². The molecule has 0 amide bonds. The van der Waals surface area contributed by atoms with Crippen molar-refractivity contribution in [2.24, 2.45) is 11.8 Å². The summed E-state index contributed by atoms with van der Waals surface area (Å²) in [6.45, 7) is -0.592. The average Bonchev–Trinajstić information content (AvgIpc) is 2.71. The predicted molar refractivity (Wildman–Crippen MR) is 49.8 cm³/mol. The van der Waals surface area contributed by atoms with Crippen molar-refractivity contribution in [2.75, 3.05) is 19.8 Å². The van der Waals surface area contributed by atoms with E-state index in [9.17, 15) is 9.90 Å². The fraction of sp³-hybridized carbons (Fsp3) is 0.700. The zero-order valence-corrected chi connectivity index (χ0v) is 8.22. The largest absolute Gasteiger partial charge is 0.461 e. The Morgan fingerprint density at radius 2 is 2.00 bits per heavy atom. The Balaban J connectivity index is 2.29. The normalized spacial score (nSPS) is 34.6. The molecular weight excluding hydrogens is 200 g/mol. The first-order valence-electron chi connectivity index (χ1n) is 4.96.